The highest BCUT2D eigenvalue weighted by molar-refractivity contribution is 7.99. The minimum atomic E-state index is -0.540. The van der Waals surface area contributed by atoms with Gasteiger partial charge in [-0.2, -0.15) is 0 Å². The van der Waals surface area contributed by atoms with Crippen molar-refractivity contribution in [2.75, 3.05) is 18.2 Å². The van der Waals surface area contributed by atoms with Crippen LogP contribution in [0.2, 0.25) is 0 Å². The third-order valence-electron chi connectivity index (χ3n) is 5.21. The first-order chi connectivity index (χ1) is 16.8. The molecule has 9 nitrogen and oxygen atoms in total. The fraction of sp³-hybridized carbons (Fsp3) is 0.160. The van der Waals surface area contributed by atoms with E-state index in [4.69, 9.17) is 4.74 Å². The zero-order chi connectivity index (χ0) is 25.1. The summed E-state index contributed by atoms with van der Waals surface area (Å²) in [5.41, 5.74) is 3.15. The van der Waals surface area contributed by atoms with Gasteiger partial charge in [0.2, 0.25) is 5.91 Å². The van der Waals surface area contributed by atoms with Crippen molar-refractivity contribution >= 4 is 39.9 Å². The van der Waals surface area contributed by atoms with Crippen LogP contribution in [0.4, 0.5) is 11.4 Å². The topological polar surface area (TPSA) is 116 Å². The third-order valence-corrected chi connectivity index (χ3v) is 6.15. The van der Waals surface area contributed by atoms with E-state index in [1.165, 1.54) is 29.9 Å². The van der Waals surface area contributed by atoms with Gasteiger partial charge in [-0.05, 0) is 55.3 Å². The molecule has 1 amide bonds. The molecular formula is C25H22N4O5S. The molecule has 4 rings (SSSR count). The number of anilines is 1. The number of aryl methyl sites for hydroxylation is 2. The van der Waals surface area contributed by atoms with Gasteiger partial charge in [-0.15, -0.1) is 0 Å². The van der Waals surface area contributed by atoms with Gasteiger partial charge in [-0.3, -0.25) is 24.3 Å². The lowest BCUT2D eigenvalue weighted by molar-refractivity contribution is -0.384. The summed E-state index contributed by atoms with van der Waals surface area (Å²) in [7, 11) is 1.37. The number of amides is 1. The number of thioether (sulfide) groups is 1. The van der Waals surface area contributed by atoms with Crippen molar-refractivity contribution < 1.29 is 14.5 Å². The van der Waals surface area contributed by atoms with Crippen LogP contribution in [0, 0.1) is 24.0 Å². The number of nitro groups is 1. The van der Waals surface area contributed by atoms with Crippen molar-refractivity contribution in [1.29, 1.82) is 0 Å². The maximum Gasteiger partial charge on any atom is 0.273 e. The van der Waals surface area contributed by atoms with E-state index in [0.717, 1.165) is 22.9 Å². The molecule has 0 atom stereocenters. The van der Waals surface area contributed by atoms with E-state index in [1.54, 1.807) is 24.3 Å². The molecule has 0 radical (unpaired) electrons. The van der Waals surface area contributed by atoms with Crippen LogP contribution in [-0.4, -0.2) is 33.2 Å². The molecule has 0 bridgehead atoms. The molecular weight excluding hydrogens is 468 g/mol. The highest BCUT2D eigenvalue weighted by atomic mass is 32.2. The summed E-state index contributed by atoms with van der Waals surface area (Å²) < 4.78 is 6.70. The number of rotatable bonds is 7. The predicted octanol–water partition coefficient (Wildman–Crippen LogP) is 4.65. The average Bonchev–Trinajstić information content (AvgIpc) is 2.82. The predicted molar refractivity (Wildman–Crippen MR) is 136 cm³/mol. The second kappa shape index (κ2) is 9.98. The van der Waals surface area contributed by atoms with Crippen LogP contribution in [0.25, 0.3) is 16.6 Å². The number of nitrogens with one attached hydrogen (secondary N) is 1. The number of carbonyl (C=O) groups is 1. The first kappa shape index (κ1) is 24.0. The van der Waals surface area contributed by atoms with Gasteiger partial charge in [0, 0.05) is 6.07 Å². The number of aromatic nitrogens is 2. The van der Waals surface area contributed by atoms with Gasteiger partial charge < -0.3 is 10.1 Å². The number of nitro benzene ring substituents is 1. The van der Waals surface area contributed by atoms with Crippen molar-refractivity contribution in [3.05, 3.63) is 92.3 Å². The molecule has 1 heterocycles. The monoisotopic (exact) mass is 490 g/mol. The van der Waals surface area contributed by atoms with Crippen molar-refractivity contribution in [2.45, 2.75) is 19.0 Å². The number of ether oxygens (including phenoxy) is 1. The van der Waals surface area contributed by atoms with Crippen LogP contribution in [0.3, 0.4) is 0 Å². The Morgan fingerprint density at radius 1 is 1.11 bits per heavy atom. The van der Waals surface area contributed by atoms with Gasteiger partial charge in [-0.25, -0.2) is 4.98 Å². The molecule has 3 aromatic carbocycles. The van der Waals surface area contributed by atoms with Gasteiger partial charge >= 0.3 is 0 Å². The number of non-ortho nitro benzene ring substituents is 1. The summed E-state index contributed by atoms with van der Waals surface area (Å²) in [5.74, 6) is -0.250. The molecule has 1 N–H and O–H groups in total. The molecule has 4 aromatic rings. The van der Waals surface area contributed by atoms with Crippen LogP contribution in [0.15, 0.2) is 70.6 Å². The molecule has 0 aliphatic heterocycles. The lowest BCUT2D eigenvalue weighted by atomic mass is 10.1. The minimum Gasteiger partial charge on any atom is -0.494 e. The number of hydrogen-bond acceptors (Lipinski definition) is 7. The largest absolute Gasteiger partial charge is 0.494 e. The zero-order valence-corrected chi connectivity index (χ0v) is 20.1. The summed E-state index contributed by atoms with van der Waals surface area (Å²) in [6, 6.07) is 16.8. The molecule has 1 aromatic heterocycles. The van der Waals surface area contributed by atoms with Crippen molar-refractivity contribution in [3.63, 3.8) is 0 Å². The highest BCUT2D eigenvalue weighted by Crippen LogP contribution is 2.29. The first-order valence-electron chi connectivity index (χ1n) is 10.6. The number of para-hydroxylation sites is 1. The Bertz CT molecular complexity index is 1500. The first-order valence-corrected chi connectivity index (χ1v) is 11.6. The van der Waals surface area contributed by atoms with E-state index >= 15 is 0 Å². The maximum atomic E-state index is 13.4. The molecule has 0 aliphatic rings. The fourth-order valence-corrected chi connectivity index (χ4v) is 4.54. The Hall–Kier alpha value is -4.18. The second-order valence-electron chi connectivity index (χ2n) is 7.88. The van der Waals surface area contributed by atoms with Gasteiger partial charge in [0.05, 0.1) is 46.1 Å². The number of nitrogens with zero attached hydrogens (tertiary/aromatic N) is 3. The quantitative estimate of drug-likeness (QED) is 0.173. The molecule has 0 fully saturated rings. The van der Waals surface area contributed by atoms with Crippen LogP contribution >= 0.6 is 11.8 Å². The third kappa shape index (κ3) is 5.17. The SMILES string of the molecule is COc1cc([N+](=O)[O-])ccc1NC(=O)CSc1nc2ccccc2c(=O)n1-c1cc(C)cc(C)c1. The summed E-state index contributed by atoms with van der Waals surface area (Å²) in [5, 5.41) is 14.6. The van der Waals surface area contributed by atoms with Gasteiger partial charge in [0.25, 0.3) is 11.2 Å². The Morgan fingerprint density at radius 3 is 2.51 bits per heavy atom. The molecule has 0 spiro atoms. The summed E-state index contributed by atoms with van der Waals surface area (Å²) in [6.07, 6.45) is 0. The Kier molecular flexibility index (Phi) is 6.83. The molecule has 0 saturated carbocycles. The van der Waals surface area contributed by atoms with E-state index in [-0.39, 0.29) is 28.7 Å². The standard InChI is InChI=1S/C25H22N4O5S/c1-15-10-16(2)12-18(11-15)28-24(31)19-6-4-5-7-20(19)27-25(28)35-14-23(30)26-21-9-8-17(29(32)33)13-22(21)34-3/h4-13H,14H2,1-3H3,(H,26,30). The van der Waals surface area contributed by atoms with Crippen LogP contribution < -0.4 is 15.6 Å². The molecule has 10 heteroatoms. The molecule has 35 heavy (non-hydrogen) atoms. The molecule has 178 valence electrons. The molecule has 0 aliphatic carbocycles. The van der Waals surface area contributed by atoms with Crippen LogP contribution in [0.5, 0.6) is 5.75 Å². The van der Waals surface area contributed by atoms with E-state index in [0.29, 0.717) is 27.4 Å². The number of benzene rings is 3. The van der Waals surface area contributed by atoms with Gasteiger partial charge in [0.1, 0.15) is 5.75 Å². The van der Waals surface area contributed by atoms with E-state index < -0.39 is 4.92 Å². The van der Waals surface area contributed by atoms with Crippen LogP contribution in [0.1, 0.15) is 11.1 Å². The number of carbonyl (C=O) groups excluding carboxylic acids is 1. The Balaban J connectivity index is 1.66. The van der Waals surface area contributed by atoms with Crippen molar-refractivity contribution in [2.24, 2.45) is 0 Å². The second-order valence-corrected chi connectivity index (χ2v) is 8.82. The fourth-order valence-electron chi connectivity index (χ4n) is 3.73. The Morgan fingerprint density at radius 2 is 1.83 bits per heavy atom. The Labute approximate surface area is 204 Å². The molecule has 0 saturated heterocycles. The lowest BCUT2D eigenvalue weighted by Gasteiger charge is -2.15. The smallest absolute Gasteiger partial charge is 0.273 e. The van der Waals surface area contributed by atoms with E-state index in [9.17, 15) is 19.7 Å². The summed E-state index contributed by atoms with van der Waals surface area (Å²) in [4.78, 5) is 41.3. The van der Waals surface area contributed by atoms with Gasteiger partial charge in [-0.1, -0.05) is 30.0 Å². The van der Waals surface area contributed by atoms with Crippen LogP contribution in [-0.2, 0) is 4.79 Å². The summed E-state index contributed by atoms with van der Waals surface area (Å²) >= 11 is 1.12. The normalized spacial score (nSPS) is 10.8. The van der Waals surface area contributed by atoms with E-state index in [2.05, 4.69) is 10.3 Å². The number of fused-ring (bicyclic) bond motifs is 1. The maximum absolute atomic E-state index is 13.4. The zero-order valence-electron chi connectivity index (χ0n) is 19.3. The van der Waals surface area contributed by atoms with Crippen molar-refractivity contribution in [3.8, 4) is 11.4 Å². The average molecular weight is 491 g/mol. The number of hydrogen-bond donors (Lipinski definition) is 1. The van der Waals surface area contributed by atoms with Gasteiger partial charge in [0.15, 0.2) is 5.16 Å². The minimum absolute atomic E-state index is 0.0459. The number of methoxy groups -OCH3 is 1. The van der Waals surface area contributed by atoms with E-state index in [1.807, 2.05) is 32.0 Å². The lowest BCUT2D eigenvalue weighted by Crippen LogP contribution is -2.23. The van der Waals surface area contributed by atoms with Crippen molar-refractivity contribution in [1.82, 2.24) is 9.55 Å². The highest BCUT2D eigenvalue weighted by Gasteiger charge is 2.17. The summed E-state index contributed by atoms with van der Waals surface area (Å²) in [6.45, 7) is 3.90. The molecule has 0 unspecified atom stereocenters.